The zero-order valence-corrected chi connectivity index (χ0v) is 16.1. The van der Waals surface area contributed by atoms with Crippen molar-refractivity contribution in [3.05, 3.63) is 59.7 Å². The molecule has 0 saturated heterocycles. The highest BCUT2D eigenvalue weighted by atomic mass is 32.2. The Balaban J connectivity index is 1.73. The van der Waals surface area contributed by atoms with Gasteiger partial charge in [0.05, 0.1) is 4.90 Å². The minimum Gasteiger partial charge on any atom is -0.339 e. The van der Waals surface area contributed by atoms with Gasteiger partial charge in [0, 0.05) is 24.3 Å². The number of carbonyl (C=O) groups excluding carboxylic acids is 1. The van der Waals surface area contributed by atoms with E-state index in [0.717, 1.165) is 5.56 Å². The van der Waals surface area contributed by atoms with Crippen molar-refractivity contribution in [3.63, 3.8) is 0 Å². The number of hydrogen-bond donors (Lipinski definition) is 1. The Morgan fingerprint density at radius 1 is 1.08 bits per heavy atom. The maximum Gasteiger partial charge on any atom is 0.261 e. The predicted octanol–water partition coefficient (Wildman–Crippen LogP) is 3.67. The van der Waals surface area contributed by atoms with Gasteiger partial charge >= 0.3 is 0 Å². The number of benzene rings is 2. The predicted molar refractivity (Wildman–Crippen MR) is 103 cm³/mol. The van der Waals surface area contributed by atoms with E-state index in [1.54, 1.807) is 36.2 Å². The SMILES string of the molecule is Cc1ccc(NS(=O)(=O)c2ccc(C(=O)N(C)C(C)C3CC3)cc2)cc1. The molecule has 1 saturated carbocycles. The Labute approximate surface area is 155 Å². The maximum atomic E-state index is 12.6. The molecule has 3 rings (SSSR count). The van der Waals surface area contributed by atoms with Crippen LogP contribution in [-0.2, 0) is 10.0 Å². The summed E-state index contributed by atoms with van der Waals surface area (Å²) in [6, 6.07) is 13.4. The molecule has 0 aliphatic heterocycles. The van der Waals surface area contributed by atoms with Crippen molar-refractivity contribution in [3.8, 4) is 0 Å². The summed E-state index contributed by atoms with van der Waals surface area (Å²) in [7, 11) is -1.88. The van der Waals surface area contributed by atoms with Crippen LogP contribution in [0.15, 0.2) is 53.4 Å². The molecule has 1 fully saturated rings. The molecule has 0 heterocycles. The van der Waals surface area contributed by atoms with Crippen LogP contribution in [0, 0.1) is 12.8 Å². The molecule has 1 aliphatic carbocycles. The van der Waals surface area contributed by atoms with Gasteiger partial charge in [-0.05, 0) is 69.0 Å². The highest BCUT2D eigenvalue weighted by molar-refractivity contribution is 7.92. The van der Waals surface area contributed by atoms with E-state index >= 15 is 0 Å². The van der Waals surface area contributed by atoms with Gasteiger partial charge in [0.2, 0.25) is 0 Å². The first-order chi connectivity index (χ1) is 12.3. The fourth-order valence-corrected chi connectivity index (χ4v) is 3.95. The molecule has 0 radical (unpaired) electrons. The van der Waals surface area contributed by atoms with E-state index in [9.17, 15) is 13.2 Å². The first kappa shape index (κ1) is 18.5. The molecule has 1 amide bonds. The Bertz CT molecular complexity index is 886. The number of hydrogen-bond acceptors (Lipinski definition) is 3. The molecule has 0 aromatic heterocycles. The highest BCUT2D eigenvalue weighted by Crippen LogP contribution is 2.35. The van der Waals surface area contributed by atoms with Crippen molar-refractivity contribution < 1.29 is 13.2 Å². The smallest absolute Gasteiger partial charge is 0.261 e. The van der Waals surface area contributed by atoms with E-state index in [-0.39, 0.29) is 16.8 Å². The summed E-state index contributed by atoms with van der Waals surface area (Å²) in [6.45, 7) is 4.00. The maximum absolute atomic E-state index is 12.6. The zero-order valence-electron chi connectivity index (χ0n) is 15.3. The molecule has 5 nitrogen and oxygen atoms in total. The van der Waals surface area contributed by atoms with Gasteiger partial charge in [-0.2, -0.15) is 0 Å². The van der Waals surface area contributed by atoms with Gasteiger partial charge in [-0.1, -0.05) is 17.7 Å². The Morgan fingerprint density at radius 3 is 2.19 bits per heavy atom. The number of rotatable bonds is 6. The Kier molecular flexibility index (Phi) is 5.05. The van der Waals surface area contributed by atoms with Crippen LogP contribution >= 0.6 is 0 Å². The van der Waals surface area contributed by atoms with Crippen LogP contribution in [-0.4, -0.2) is 32.3 Å². The lowest BCUT2D eigenvalue weighted by Gasteiger charge is -2.25. The third kappa shape index (κ3) is 4.07. The summed E-state index contributed by atoms with van der Waals surface area (Å²) < 4.78 is 27.6. The fraction of sp³-hybridized carbons (Fsp3) is 0.350. The minimum atomic E-state index is -3.68. The minimum absolute atomic E-state index is 0.0835. The molecule has 1 atom stereocenters. The van der Waals surface area contributed by atoms with Gasteiger partial charge in [-0.25, -0.2) is 8.42 Å². The average Bonchev–Trinajstić information content (AvgIpc) is 3.47. The number of nitrogens with zero attached hydrogens (tertiary/aromatic N) is 1. The van der Waals surface area contributed by atoms with Crippen molar-refractivity contribution >= 4 is 21.6 Å². The first-order valence-corrected chi connectivity index (χ1v) is 10.2. The number of carbonyl (C=O) groups is 1. The molecule has 26 heavy (non-hydrogen) atoms. The van der Waals surface area contributed by atoms with Crippen LogP contribution in [0.2, 0.25) is 0 Å². The van der Waals surface area contributed by atoms with Crippen LogP contribution in [0.3, 0.4) is 0 Å². The third-order valence-corrected chi connectivity index (χ3v) is 6.35. The molecule has 1 N–H and O–H groups in total. The normalized spacial score (nSPS) is 15.3. The van der Waals surface area contributed by atoms with E-state index in [1.807, 2.05) is 19.1 Å². The van der Waals surface area contributed by atoms with Crippen LogP contribution < -0.4 is 4.72 Å². The summed E-state index contributed by atoms with van der Waals surface area (Å²) in [4.78, 5) is 14.4. The van der Waals surface area contributed by atoms with Gasteiger partial charge in [-0.3, -0.25) is 9.52 Å². The van der Waals surface area contributed by atoms with Gasteiger partial charge in [0.1, 0.15) is 0 Å². The monoisotopic (exact) mass is 372 g/mol. The summed E-state index contributed by atoms with van der Waals surface area (Å²) in [5.74, 6) is 0.502. The molecule has 1 aliphatic rings. The summed E-state index contributed by atoms with van der Waals surface area (Å²) in [6.07, 6.45) is 2.33. The van der Waals surface area contributed by atoms with E-state index < -0.39 is 10.0 Å². The molecule has 0 spiro atoms. The molecular formula is C20H24N2O3S. The fourth-order valence-electron chi connectivity index (χ4n) is 2.90. The standard InChI is InChI=1S/C20H24N2O3S/c1-14-4-10-18(11-5-14)21-26(24,25)19-12-8-17(9-13-19)20(23)22(3)15(2)16-6-7-16/h4-5,8-13,15-16,21H,6-7H2,1-3H3. The van der Waals surface area contributed by atoms with Gasteiger partial charge < -0.3 is 4.90 Å². The third-order valence-electron chi connectivity index (χ3n) is 4.95. The Morgan fingerprint density at radius 2 is 1.65 bits per heavy atom. The lowest BCUT2D eigenvalue weighted by atomic mass is 10.1. The Hall–Kier alpha value is -2.34. The second-order valence-corrected chi connectivity index (χ2v) is 8.67. The first-order valence-electron chi connectivity index (χ1n) is 8.74. The second-order valence-electron chi connectivity index (χ2n) is 6.99. The van der Waals surface area contributed by atoms with E-state index in [0.29, 0.717) is 17.2 Å². The molecule has 1 unspecified atom stereocenters. The number of aryl methyl sites for hydroxylation is 1. The van der Waals surface area contributed by atoms with Crippen LogP contribution in [0.4, 0.5) is 5.69 Å². The van der Waals surface area contributed by atoms with Crippen molar-refractivity contribution in [1.29, 1.82) is 0 Å². The van der Waals surface area contributed by atoms with E-state index in [2.05, 4.69) is 11.6 Å². The molecule has 138 valence electrons. The van der Waals surface area contributed by atoms with Crippen molar-refractivity contribution in [1.82, 2.24) is 4.90 Å². The lowest BCUT2D eigenvalue weighted by molar-refractivity contribution is 0.0727. The van der Waals surface area contributed by atoms with Crippen molar-refractivity contribution in [2.45, 2.75) is 37.6 Å². The van der Waals surface area contributed by atoms with E-state index in [1.165, 1.54) is 25.0 Å². The van der Waals surface area contributed by atoms with Gasteiger partial charge in [-0.15, -0.1) is 0 Å². The van der Waals surface area contributed by atoms with E-state index in [4.69, 9.17) is 0 Å². The van der Waals surface area contributed by atoms with Crippen LogP contribution in [0.25, 0.3) is 0 Å². The quantitative estimate of drug-likeness (QED) is 0.841. The molecule has 2 aromatic rings. The number of sulfonamides is 1. The number of anilines is 1. The van der Waals surface area contributed by atoms with Crippen LogP contribution in [0.1, 0.15) is 35.7 Å². The largest absolute Gasteiger partial charge is 0.339 e. The molecule has 0 bridgehead atoms. The van der Waals surface area contributed by atoms with Crippen LogP contribution in [0.5, 0.6) is 0 Å². The summed E-state index contributed by atoms with van der Waals surface area (Å²) in [5, 5.41) is 0. The number of amides is 1. The molecular weight excluding hydrogens is 348 g/mol. The molecule has 6 heteroatoms. The average molecular weight is 372 g/mol. The summed E-state index contributed by atoms with van der Waals surface area (Å²) in [5.41, 5.74) is 2.06. The molecule has 2 aromatic carbocycles. The van der Waals surface area contributed by atoms with Gasteiger partial charge in [0.15, 0.2) is 0 Å². The highest BCUT2D eigenvalue weighted by Gasteiger charge is 2.32. The van der Waals surface area contributed by atoms with Crippen molar-refractivity contribution in [2.24, 2.45) is 5.92 Å². The second kappa shape index (κ2) is 7.11. The lowest BCUT2D eigenvalue weighted by Crippen LogP contribution is -2.36. The topological polar surface area (TPSA) is 66.5 Å². The van der Waals surface area contributed by atoms with Crippen molar-refractivity contribution in [2.75, 3.05) is 11.8 Å². The number of nitrogens with one attached hydrogen (secondary N) is 1. The summed E-state index contributed by atoms with van der Waals surface area (Å²) >= 11 is 0. The van der Waals surface area contributed by atoms with Gasteiger partial charge in [0.25, 0.3) is 15.9 Å². The zero-order chi connectivity index (χ0) is 18.9.